The average molecular weight is 478 g/mol. The first-order valence-corrected chi connectivity index (χ1v) is 11.2. The number of carbonyl (C=O) groups excluding carboxylic acids is 2. The minimum absolute atomic E-state index is 0.219. The van der Waals surface area contributed by atoms with Crippen LogP contribution in [0.1, 0.15) is 39.1 Å². The van der Waals surface area contributed by atoms with Crippen molar-refractivity contribution in [1.82, 2.24) is 9.88 Å². The van der Waals surface area contributed by atoms with Crippen molar-refractivity contribution in [3.63, 3.8) is 0 Å². The van der Waals surface area contributed by atoms with Crippen molar-refractivity contribution in [3.05, 3.63) is 82.5 Å². The molecule has 2 heterocycles. The van der Waals surface area contributed by atoms with Crippen LogP contribution in [-0.2, 0) is 0 Å². The van der Waals surface area contributed by atoms with E-state index in [9.17, 15) is 9.59 Å². The maximum absolute atomic E-state index is 13.0. The second-order valence-electron chi connectivity index (χ2n) is 7.77. The number of ether oxygens (including phenoxy) is 1. The molecule has 8 nitrogen and oxygen atoms in total. The molecule has 0 aliphatic carbocycles. The van der Waals surface area contributed by atoms with E-state index < -0.39 is 11.8 Å². The molecule has 2 amide bonds. The number of hydrogen-bond acceptors (Lipinski definition) is 5. The lowest BCUT2D eigenvalue weighted by Crippen LogP contribution is -2.27. The normalized spacial score (nSPS) is 12.8. The molecule has 0 radical (unpaired) electrons. The SMILES string of the molecule is COc1cccc(C(=O)Nc2ccc(Cl)cn2)c1NC(=O)c1ccc(C(=N)N2CCCC2)cc1. The number of para-hydroxylation sites is 1. The predicted octanol–water partition coefficient (Wildman–Crippen LogP) is 4.67. The zero-order chi connectivity index (χ0) is 24.1. The number of anilines is 2. The molecule has 0 bridgehead atoms. The Balaban J connectivity index is 1.53. The van der Waals surface area contributed by atoms with Crippen LogP contribution in [0.15, 0.2) is 60.8 Å². The van der Waals surface area contributed by atoms with E-state index in [1.165, 1.54) is 13.3 Å². The van der Waals surface area contributed by atoms with Crippen LogP contribution in [0.5, 0.6) is 5.75 Å². The molecule has 0 spiro atoms. The summed E-state index contributed by atoms with van der Waals surface area (Å²) >= 11 is 5.85. The Hall–Kier alpha value is -3.91. The second-order valence-corrected chi connectivity index (χ2v) is 8.21. The van der Waals surface area contributed by atoms with Crippen LogP contribution in [0, 0.1) is 5.41 Å². The summed E-state index contributed by atoms with van der Waals surface area (Å²) in [5.74, 6) is 0.271. The zero-order valence-electron chi connectivity index (χ0n) is 18.6. The third-order valence-electron chi connectivity index (χ3n) is 5.54. The van der Waals surface area contributed by atoms with E-state index in [4.69, 9.17) is 21.7 Å². The number of nitrogens with one attached hydrogen (secondary N) is 3. The van der Waals surface area contributed by atoms with Crippen molar-refractivity contribution >= 4 is 40.8 Å². The fraction of sp³-hybridized carbons (Fsp3) is 0.200. The molecule has 9 heteroatoms. The molecule has 1 fully saturated rings. The number of likely N-dealkylation sites (tertiary alicyclic amines) is 1. The van der Waals surface area contributed by atoms with E-state index in [1.807, 2.05) is 4.90 Å². The van der Waals surface area contributed by atoms with Gasteiger partial charge in [-0.1, -0.05) is 29.8 Å². The van der Waals surface area contributed by atoms with Gasteiger partial charge in [-0.3, -0.25) is 15.0 Å². The molecule has 0 atom stereocenters. The van der Waals surface area contributed by atoms with Crippen LogP contribution in [0.2, 0.25) is 5.02 Å². The van der Waals surface area contributed by atoms with Gasteiger partial charge >= 0.3 is 0 Å². The first-order chi connectivity index (χ1) is 16.5. The fourth-order valence-corrected chi connectivity index (χ4v) is 3.85. The second kappa shape index (κ2) is 10.4. The van der Waals surface area contributed by atoms with E-state index in [2.05, 4.69) is 15.6 Å². The van der Waals surface area contributed by atoms with Gasteiger partial charge in [0.05, 0.1) is 23.4 Å². The van der Waals surface area contributed by atoms with Gasteiger partial charge in [-0.15, -0.1) is 0 Å². The first kappa shape index (κ1) is 23.3. The van der Waals surface area contributed by atoms with E-state index in [0.29, 0.717) is 28.0 Å². The molecule has 1 aliphatic heterocycles. The van der Waals surface area contributed by atoms with Gasteiger partial charge in [0, 0.05) is 30.4 Å². The monoisotopic (exact) mass is 477 g/mol. The van der Waals surface area contributed by atoms with E-state index in [-0.39, 0.29) is 11.3 Å². The van der Waals surface area contributed by atoms with Crippen LogP contribution in [-0.4, -0.2) is 47.7 Å². The van der Waals surface area contributed by atoms with Gasteiger partial charge < -0.3 is 20.3 Å². The third-order valence-corrected chi connectivity index (χ3v) is 5.76. The summed E-state index contributed by atoms with van der Waals surface area (Å²) in [5.41, 5.74) is 1.62. The number of pyridine rings is 1. The maximum atomic E-state index is 13.0. The number of carbonyl (C=O) groups is 2. The molecular formula is C25H24ClN5O3. The topological polar surface area (TPSA) is 107 Å². The first-order valence-electron chi connectivity index (χ1n) is 10.8. The Morgan fingerprint density at radius 3 is 2.32 bits per heavy atom. The summed E-state index contributed by atoms with van der Waals surface area (Å²) < 4.78 is 5.38. The van der Waals surface area contributed by atoms with Gasteiger partial charge in [0.2, 0.25) is 0 Å². The van der Waals surface area contributed by atoms with Crippen LogP contribution in [0.4, 0.5) is 11.5 Å². The third kappa shape index (κ3) is 5.18. The molecule has 1 saturated heterocycles. The number of benzene rings is 2. The lowest BCUT2D eigenvalue weighted by Gasteiger charge is -2.18. The van der Waals surface area contributed by atoms with Crippen LogP contribution < -0.4 is 15.4 Å². The number of hydrogen-bond donors (Lipinski definition) is 3. The lowest BCUT2D eigenvalue weighted by atomic mass is 10.1. The van der Waals surface area contributed by atoms with Gasteiger partial charge in [-0.05, 0) is 49.2 Å². The highest BCUT2D eigenvalue weighted by molar-refractivity contribution is 6.30. The number of amides is 2. The smallest absolute Gasteiger partial charge is 0.259 e. The Bertz CT molecular complexity index is 1210. The highest BCUT2D eigenvalue weighted by Gasteiger charge is 2.20. The van der Waals surface area contributed by atoms with Crippen molar-refractivity contribution in [3.8, 4) is 5.75 Å². The number of rotatable bonds is 6. The quantitative estimate of drug-likeness (QED) is 0.353. The highest BCUT2D eigenvalue weighted by atomic mass is 35.5. The minimum atomic E-state index is -0.460. The number of amidine groups is 1. The zero-order valence-corrected chi connectivity index (χ0v) is 19.4. The Kier molecular flexibility index (Phi) is 7.08. The van der Waals surface area contributed by atoms with Crippen molar-refractivity contribution < 1.29 is 14.3 Å². The largest absolute Gasteiger partial charge is 0.495 e. The Labute approximate surface area is 202 Å². The van der Waals surface area contributed by atoms with Crippen molar-refractivity contribution in [2.45, 2.75) is 12.8 Å². The van der Waals surface area contributed by atoms with Gasteiger partial charge in [-0.2, -0.15) is 0 Å². The number of nitrogens with zero attached hydrogens (tertiary/aromatic N) is 2. The van der Waals surface area contributed by atoms with Crippen LogP contribution in [0.25, 0.3) is 0 Å². The molecule has 0 unspecified atom stereocenters. The number of halogens is 1. The number of aromatic nitrogens is 1. The molecule has 3 aromatic rings. The summed E-state index contributed by atoms with van der Waals surface area (Å²) in [5, 5.41) is 14.3. The van der Waals surface area contributed by atoms with E-state index >= 15 is 0 Å². The maximum Gasteiger partial charge on any atom is 0.259 e. The molecule has 1 aromatic heterocycles. The summed E-state index contributed by atoms with van der Waals surface area (Å²) in [6, 6.07) is 15.0. The van der Waals surface area contributed by atoms with Gasteiger partial charge in [0.15, 0.2) is 0 Å². The van der Waals surface area contributed by atoms with Gasteiger partial charge in [0.25, 0.3) is 11.8 Å². The molecule has 4 rings (SSSR count). The lowest BCUT2D eigenvalue weighted by molar-refractivity contribution is 0.102. The Morgan fingerprint density at radius 2 is 1.68 bits per heavy atom. The summed E-state index contributed by atoms with van der Waals surface area (Å²) in [7, 11) is 1.46. The molecule has 174 valence electrons. The average Bonchev–Trinajstić information content (AvgIpc) is 3.40. The van der Waals surface area contributed by atoms with Crippen molar-refractivity contribution in [2.75, 3.05) is 30.8 Å². The molecule has 34 heavy (non-hydrogen) atoms. The summed E-state index contributed by atoms with van der Waals surface area (Å²) in [6.07, 6.45) is 3.61. The minimum Gasteiger partial charge on any atom is -0.495 e. The van der Waals surface area contributed by atoms with Crippen LogP contribution >= 0.6 is 11.6 Å². The van der Waals surface area contributed by atoms with E-state index in [1.54, 1.807) is 54.6 Å². The predicted molar refractivity (Wildman–Crippen MR) is 132 cm³/mol. The highest BCUT2D eigenvalue weighted by Crippen LogP contribution is 2.29. The van der Waals surface area contributed by atoms with Gasteiger partial charge in [0.1, 0.15) is 17.4 Å². The van der Waals surface area contributed by atoms with Crippen molar-refractivity contribution in [2.24, 2.45) is 0 Å². The van der Waals surface area contributed by atoms with E-state index in [0.717, 1.165) is 31.5 Å². The van der Waals surface area contributed by atoms with Crippen LogP contribution in [0.3, 0.4) is 0 Å². The number of methoxy groups -OCH3 is 1. The molecule has 1 aliphatic rings. The summed E-state index contributed by atoms with van der Waals surface area (Å²) in [4.78, 5) is 32.0. The molecule has 3 N–H and O–H groups in total. The molecule has 0 saturated carbocycles. The Morgan fingerprint density at radius 1 is 0.971 bits per heavy atom. The summed E-state index contributed by atoms with van der Waals surface area (Å²) in [6.45, 7) is 1.76. The van der Waals surface area contributed by atoms with Gasteiger partial charge in [-0.25, -0.2) is 4.98 Å². The standard InChI is InChI=1S/C25H24ClN5O3/c1-34-20-6-4-5-19(25(33)29-21-12-11-18(26)15-28-21)22(20)30-24(32)17-9-7-16(8-10-17)23(27)31-13-2-3-14-31/h4-12,15,27H,2-3,13-14H2,1H3,(H,30,32)(H,28,29,33). The molecule has 2 aromatic carbocycles. The fourth-order valence-electron chi connectivity index (χ4n) is 3.74. The van der Waals surface area contributed by atoms with Crippen molar-refractivity contribution in [1.29, 1.82) is 5.41 Å². The molecular weight excluding hydrogens is 454 g/mol.